The van der Waals surface area contributed by atoms with Crippen LogP contribution >= 0.6 is 0 Å². The number of hydrogen-bond donors (Lipinski definition) is 2. The number of nitrogens with zero attached hydrogens (tertiary/aromatic N) is 3. The van der Waals surface area contributed by atoms with E-state index < -0.39 is 0 Å². The fraction of sp³-hybridized carbons (Fsp3) is 0.400. The Hall–Kier alpha value is -2.96. The van der Waals surface area contributed by atoms with E-state index in [1.54, 1.807) is 4.68 Å². The van der Waals surface area contributed by atoms with Crippen molar-refractivity contribution >= 4 is 22.7 Å². The van der Waals surface area contributed by atoms with Crippen molar-refractivity contribution < 1.29 is 9.59 Å². The zero-order chi connectivity index (χ0) is 19.7. The summed E-state index contributed by atoms with van der Waals surface area (Å²) in [4.78, 5) is 31.7. The van der Waals surface area contributed by atoms with Gasteiger partial charge in [-0.25, -0.2) is 4.98 Å². The van der Waals surface area contributed by atoms with Crippen molar-refractivity contribution in [2.24, 2.45) is 0 Å². The third kappa shape index (κ3) is 3.92. The van der Waals surface area contributed by atoms with Crippen LogP contribution in [0.5, 0.6) is 0 Å². The predicted octanol–water partition coefficient (Wildman–Crippen LogP) is 3.15. The number of imidazole rings is 1. The van der Waals surface area contributed by atoms with E-state index in [-0.39, 0.29) is 17.7 Å². The quantitative estimate of drug-likeness (QED) is 0.655. The molecule has 0 aliphatic heterocycles. The van der Waals surface area contributed by atoms with Gasteiger partial charge in [0.15, 0.2) is 5.78 Å². The molecule has 0 fully saturated rings. The van der Waals surface area contributed by atoms with Crippen LogP contribution in [-0.2, 0) is 11.3 Å². The minimum absolute atomic E-state index is 0.00247. The van der Waals surface area contributed by atoms with Crippen LogP contribution in [0, 0.1) is 20.8 Å². The van der Waals surface area contributed by atoms with Gasteiger partial charge in [-0.1, -0.05) is 6.07 Å². The summed E-state index contributed by atoms with van der Waals surface area (Å²) in [6, 6.07) is 5.78. The molecular formula is C20H25N5O2. The number of nitrogens with one attached hydrogen (secondary N) is 2. The lowest BCUT2D eigenvalue weighted by Gasteiger charge is -2.14. The van der Waals surface area contributed by atoms with Crippen LogP contribution in [0.15, 0.2) is 18.2 Å². The number of aryl methyl sites for hydroxylation is 2. The fourth-order valence-electron chi connectivity index (χ4n) is 3.52. The molecule has 1 atom stereocenters. The van der Waals surface area contributed by atoms with E-state index in [1.807, 2.05) is 45.9 Å². The van der Waals surface area contributed by atoms with E-state index in [4.69, 9.17) is 0 Å². The van der Waals surface area contributed by atoms with Crippen LogP contribution in [0.1, 0.15) is 59.4 Å². The Bertz CT molecular complexity index is 1010. The van der Waals surface area contributed by atoms with Crippen molar-refractivity contribution in [3.63, 3.8) is 0 Å². The number of carbonyl (C=O) groups is 2. The molecule has 1 aromatic carbocycles. The topological polar surface area (TPSA) is 92.7 Å². The molecule has 1 amide bonds. The second-order valence-electron chi connectivity index (χ2n) is 7.05. The van der Waals surface area contributed by atoms with Crippen LogP contribution in [-0.4, -0.2) is 31.4 Å². The van der Waals surface area contributed by atoms with Crippen molar-refractivity contribution in [2.75, 3.05) is 0 Å². The van der Waals surface area contributed by atoms with Gasteiger partial charge in [-0.2, -0.15) is 5.10 Å². The summed E-state index contributed by atoms with van der Waals surface area (Å²) in [5.41, 5.74) is 5.05. The molecule has 0 spiro atoms. The van der Waals surface area contributed by atoms with Crippen LogP contribution < -0.4 is 5.32 Å². The molecule has 2 N–H and O–H groups in total. The number of Topliss-reactive ketones (excluding diaryl/α,β-unsaturated/α-hetero) is 1. The van der Waals surface area contributed by atoms with Crippen molar-refractivity contribution in [2.45, 2.75) is 53.6 Å². The van der Waals surface area contributed by atoms with Crippen LogP contribution in [0.3, 0.4) is 0 Å². The molecule has 0 saturated carbocycles. The molecule has 3 rings (SSSR count). The first-order valence-electron chi connectivity index (χ1n) is 9.05. The van der Waals surface area contributed by atoms with Gasteiger partial charge in [0.2, 0.25) is 5.91 Å². The molecule has 2 aromatic heterocycles. The van der Waals surface area contributed by atoms with Gasteiger partial charge in [0, 0.05) is 18.7 Å². The molecular weight excluding hydrogens is 342 g/mol. The van der Waals surface area contributed by atoms with E-state index in [1.165, 1.54) is 6.92 Å². The second-order valence-corrected chi connectivity index (χ2v) is 7.05. The zero-order valence-corrected chi connectivity index (χ0v) is 16.4. The molecule has 7 nitrogen and oxygen atoms in total. The molecule has 0 saturated heterocycles. The van der Waals surface area contributed by atoms with Gasteiger partial charge in [0.25, 0.3) is 0 Å². The van der Waals surface area contributed by atoms with Crippen LogP contribution in [0.25, 0.3) is 11.0 Å². The fourth-order valence-corrected chi connectivity index (χ4v) is 3.52. The van der Waals surface area contributed by atoms with E-state index in [9.17, 15) is 9.59 Å². The number of H-pyrrole nitrogens is 1. The first-order valence-corrected chi connectivity index (χ1v) is 9.05. The lowest BCUT2D eigenvalue weighted by atomic mass is 10.1. The summed E-state index contributed by atoms with van der Waals surface area (Å²) in [5.74, 6) is 0.812. The highest BCUT2D eigenvalue weighted by Gasteiger charge is 2.20. The van der Waals surface area contributed by atoms with Gasteiger partial charge in [0.1, 0.15) is 5.82 Å². The number of benzene rings is 1. The van der Waals surface area contributed by atoms with Crippen molar-refractivity contribution in [3.05, 3.63) is 46.5 Å². The molecule has 0 bridgehead atoms. The van der Waals surface area contributed by atoms with Crippen LogP contribution in [0.2, 0.25) is 0 Å². The number of hydrogen-bond acceptors (Lipinski definition) is 4. The van der Waals surface area contributed by atoms with Gasteiger partial charge < -0.3 is 10.3 Å². The number of rotatable bonds is 6. The monoisotopic (exact) mass is 367 g/mol. The van der Waals surface area contributed by atoms with E-state index in [0.29, 0.717) is 24.2 Å². The van der Waals surface area contributed by atoms with E-state index >= 15 is 0 Å². The molecule has 0 radical (unpaired) electrons. The van der Waals surface area contributed by atoms with Gasteiger partial charge in [-0.05, 0) is 52.3 Å². The van der Waals surface area contributed by atoms with Crippen molar-refractivity contribution in [1.29, 1.82) is 0 Å². The number of carbonyl (C=O) groups excluding carboxylic acids is 2. The first-order chi connectivity index (χ1) is 12.8. The lowest BCUT2D eigenvalue weighted by Crippen LogP contribution is -2.26. The highest BCUT2D eigenvalue weighted by molar-refractivity contribution is 5.96. The van der Waals surface area contributed by atoms with E-state index in [0.717, 1.165) is 28.1 Å². The minimum atomic E-state index is -0.130. The Morgan fingerprint density at radius 3 is 2.67 bits per heavy atom. The molecule has 142 valence electrons. The summed E-state index contributed by atoms with van der Waals surface area (Å²) in [6.45, 7) is 9.53. The van der Waals surface area contributed by atoms with Crippen LogP contribution in [0.4, 0.5) is 0 Å². The Morgan fingerprint density at radius 2 is 2.00 bits per heavy atom. The zero-order valence-electron chi connectivity index (χ0n) is 16.4. The normalized spacial score (nSPS) is 12.3. The summed E-state index contributed by atoms with van der Waals surface area (Å²) >= 11 is 0. The average molecular weight is 367 g/mol. The SMILES string of the molecule is CC(=O)c1c(C)nn(C(C)CC(=O)NCc2ccc3nc(C)[nH]c3c2)c1C. The smallest absolute Gasteiger partial charge is 0.222 e. The summed E-state index contributed by atoms with van der Waals surface area (Å²) < 4.78 is 1.77. The standard InChI is InChI=1S/C20H25N5O2/c1-11(25-13(3)20(14(4)26)12(2)24-25)8-19(27)21-10-16-6-7-17-18(9-16)23-15(5)22-17/h6-7,9,11H,8,10H2,1-5H3,(H,21,27)(H,22,23). The second kappa shape index (κ2) is 7.34. The Morgan fingerprint density at radius 1 is 1.26 bits per heavy atom. The Labute approximate surface area is 158 Å². The number of ketones is 1. The number of aromatic amines is 1. The van der Waals surface area contributed by atoms with Gasteiger partial charge in [0.05, 0.1) is 28.3 Å². The largest absolute Gasteiger partial charge is 0.352 e. The Balaban J connectivity index is 1.63. The van der Waals surface area contributed by atoms with Gasteiger partial charge >= 0.3 is 0 Å². The third-order valence-electron chi connectivity index (χ3n) is 4.73. The summed E-state index contributed by atoms with van der Waals surface area (Å²) in [6.07, 6.45) is 0.296. The van der Waals surface area contributed by atoms with Gasteiger partial charge in [-0.3, -0.25) is 14.3 Å². The maximum absolute atomic E-state index is 12.4. The molecule has 2 heterocycles. The van der Waals surface area contributed by atoms with Gasteiger partial charge in [-0.15, -0.1) is 0 Å². The summed E-state index contributed by atoms with van der Waals surface area (Å²) in [7, 11) is 0. The molecule has 1 unspecified atom stereocenters. The summed E-state index contributed by atoms with van der Waals surface area (Å²) in [5, 5.41) is 7.40. The highest BCUT2D eigenvalue weighted by Crippen LogP contribution is 2.20. The number of aromatic nitrogens is 4. The molecule has 7 heteroatoms. The first kappa shape index (κ1) is 18.8. The minimum Gasteiger partial charge on any atom is -0.352 e. The van der Waals surface area contributed by atoms with E-state index in [2.05, 4.69) is 20.4 Å². The lowest BCUT2D eigenvalue weighted by molar-refractivity contribution is -0.122. The number of fused-ring (bicyclic) bond motifs is 1. The number of amides is 1. The Kier molecular flexibility index (Phi) is 5.12. The van der Waals surface area contributed by atoms with Crippen molar-refractivity contribution in [1.82, 2.24) is 25.1 Å². The molecule has 0 aliphatic carbocycles. The maximum Gasteiger partial charge on any atom is 0.222 e. The third-order valence-corrected chi connectivity index (χ3v) is 4.73. The predicted molar refractivity (Wildman–Crippen MR) is 104 cm³/mol. The molecule has 0 aliphatic rings. The highest BCUT2D eigenvalue weighted by atomic mass is 16.1. The average Bonchev–Trinajstić information content (AvgIpc) is 3.10. The molecule has 27 heavy (non-hydrogen) atoms. The maximum atomic E-state index is 12.4. The molecule has 3 aromatic rings. The van der Waals surface area contributed by atoms with Crippen molar-refractivity contribution in [3.8, 4) is 0 Å².